The summed E-state index contributed by atoms with van der Waals surface area (Å²) < 4.78 is 0. The van der Waals surface area contributed by atoms with Gasteiger partial charge in [0.1, 0.15) is 5.75 Å². The lowest BCUT2D eigenvalue weighted by Crippen LogP contribution is -1.99. The van der Waals surface area contributed by atoms with E-state index in [1.807, 2.05) is 42.5 Å². The highest BCUT2D eigenvalue weighted by Gasteiger charge is 2.11. The molecule has 21 heavy (non-hydrogen) atoms. The molecular formula is C17H17N3O. The molecule has 0 fully saturated rings. The predicted molar refractivity (Wildman–Crippen MR) is 81.6 cm³/mol. The zero-order chi connectivity index (χ0) is 14.7. The summed E-state index contributed by atoms with van der Waals surface area (Å²) in [6.45, 7) is 2.08. The average Bonchev–Trinajstić information content (AvgIpc) is 2.93. The molecule has 0 aliphatic rings. The number of phenols is 1. The lowest BCUT2D eigenvalue weighted by Gasteiger charge is -2.00. The van der Waals surface area contributed by atoms with E-state index >= 15 is 0 Å². The van der Waals surface area contributed by atoms with E-state index in [0.717, 1.165) is 35.5 Å². The Morgan fingerprint density at radius 2 is 1.57 bits per heavy atom. The maximum atomic E-state index is 9.34. The number of aromatic nitrogens is 3. The zero-order valence-electron chi connectivity index (χ0n) is 11.9. The largest absolute Gasteiger partial charge is 0.508 e. The Morgan fingerprint density at radius 1 is 0.905 bits per heavy atom. The number of nitrogens with zero attached hydrogens (tertiary/aromatic N) is 3. The van der Waals surface area contributed by atoms with Crippen LogP contribution in [0.25, 0.3) is 5.69 Å². The Hall–Kier alpha value is -2.62. The first-order valence-corrected chi connectivity index (χ1v) is 7.04. The van der Waals surface area contributed by atoms with Crippen molar-refractivity contribution in [2.45, 2.75) is 19.8 Å². The van der Waals surface area contributed by atoms with Crippen LogP contribution in [0, 0.1) is 0 Å². The molecule has 4 nitrogen and oxygen atoms in total. The highest BCUT2D eigenvalue weighted by atomic mass is 16.3. The van der Waals surface area contributed by atoms with Crippen molar-refractivity contribution >= 4 is 0 Å². The molecule has 0 aliphatic heterocycles. The number of aromatic hydroxyl groups is 1. The first kappa shape index (κ1) is 13.4. The third-order valence-electron chi connectivity index (χ3n) is 3.39. The van der Waals surface area contributed by atoms with Gasteiger partial charge in [-0.1, -0.05) is 37.3 Å². The zero-order valence-corrected chi connectivity index (χ0v) is 11.9. The Morgan fingerprint density at radius 3 is 2.24 bits per heavy atom. The van der Waals surface area contributed by atoms with Crippen molar-refractivity contribution < 1.29 is 5.11 Å². The van der Waals surface area contributed by atoms with E-state index in [9.17, 15) is 5.11 Å². The first-order chi connectivity index (χ1) is 10.3. The molecule has 0 aliphatic carbocycles. The molecule has 0 unspecified atom stereocenters. The van der Waals surface area contributed by atoms with Crippen LogP contribution in [0.15, 0.2) is 54.6 Å². The fourth-order valence-electron chi connectivity index (χ4n) is 2.26. The summed E-state index contributed by atoms with van der Waals surface area (Å²) in [6.07, 6.45) is 1.57. The number of rotatable bonds is 4. The summed E-state index contributed by atoms with van der Waals surface area (Å²) >= 11 is 0. The molecule has 1 aromatic heterocycles. The van der Waals surface area contributed by atoms with Gasteiger partial charge in [-0.3, -0.25) is 0 Å². The summed E-state index contributed by atoms with van der Waals surface area (Å²) in [6, 6.07) is 17.1. The van der Waals surface area contributed by atoms with Crippen LogP contribution in [0.2, 0.25) is 0 Å². The van der Waals surface area contributed by atoms with Gasteiger partial charge in [0.2, 0.25) is 0 Å². The molecule has 0 atom stereocenters. The highest BCUT2D eigenvalue weighted by molar-refractivity contribution is 5.32. The monoisotopic (exact) mass is 279 g/mol. The second kappa shape index (κ2) is 5.79. The summed E-state index contributed by atoms with van der Waals surface area (Å²) in [5, 5.41) is 18.5. The van der Waals surface area contributed by atoms with Gasteiger partial charge in [-0.25, -0.2) is 0 Å². The lowest BCUT2D eigenvalue weighted by molar-refractivity contribution is 0.475. The number of hydrogen-bond acceptors (Lipinski definition) is 3. The van der Waals surface area contributed by atoms with Crippen LogP contribution in [-0.4, -0.2) is 20.1 Å². The van der Waals surface area contributed by atoms with E-state index in [1.165, 1.54) is 0 Å². The van der Waals surface area contributed by atoms with E-state index < -0.39 is 0 Å². The van der Waals surface area contributed by atoms with Crippen LogP contribution >= 0.6 is 0 Å². The average molecular weight is 279 g/mol. The third-order valence-corrected chi connectivity index (χ3v) is 3.39. The molecule has 0 amide bonds. The molecule has 2 aromatic carbocycles. The quantitative estimate of drug-likeness (QED) is 0.798. The van der Waals surface area contributed by atoms with Crippen molar-refractivity contribution in [1.82, 2.24) is 15.0 Å². The molecule has 0 bridgehead atoms. The smallest absolute Gasteiger partial charge is 0.115 e. The Bertz CT molecular complexity index is 718. The minimum Gasteiger partial charge on any atom is -0.508 e. The molecular weight excluding hydrogens is 262 g/mol. The maximum Gasteiger partial charge on any atom is 0.115 e. The van der Waals surface area contributed by atoms with Crippen LogP contribution in [0.3, 0.4) is 0 Å². The second-order valence-corrected chi connectivity index (χ2v) is 4.92. The van der Waals surface area contributed by atoms with Crippen LogP contribution in [0.4, 0.5) is 0 Å². The molecule has 0 saturated heterocycles. The summed E-state index contributed by atoms with van der Waals surface area (Å²) in [5.74, 6) is 0.280. The highest BCUT2D eigenvalue weighted by Crippen LogP contribution is 2.16. The standard InChI is InChI=1S/C17H17N3O/c1-2-16-17(12-13-8-10-15(21)11-9-13)19-20(18-16)14-6-4-3-5-7-14/h3-11,21H,2,12H2,1H3. The second-order valence-electron chi connectivity index (χ2n) is 4.92. The summed E-state index contributed by atoms with van der Waals surface area (Å²) in [5.41, 5.74) is 4.06. The normalized spacial score (nSPS) is 10.7. The van der Waals surface area contributed by atoms with Crippen molar-refractivity contribution in [2.75, 3.05) is 0 Å². The molecule has 3 rings (SSSR count). The molecule has 1 N–H and O–H groups in total. The number of benzene rings is 2. The Labute approximate surface area is 123 Å². The topological polar surface area (TPSA) is 50.9 Å². The van der Waals surface area contributed by atoms with Gasteiger partial charge in [0.15, 0.2) is 0 Å². The van der Waals surface area contributed by atoms with Crippen LogP contribution in [0.5, 0.6) is 5.75 Å². The van der Waals surface area contributed by atoms with Crippen LogP contribution in [0.1, 0.15) is 23.9 Å². The van der Waals surface area contributed by atoms with Gasteiger partial charge in [0, 0.05) is 6.42 Å². The van der Waals surface area contributed by atoms with E-state index in [-0.39, 0.29) is 5.75 Å². The van der Waals surface area contributed by atoms with Crippen LogP contribution in [-0.2, 0) is 12.8 Å². The Balaban J connectivity index is 1.91. The van der Waals surface area contributed by atoms with Gasteiger partial charge in [-0.2, -0.15) is 15.0 Å². The fourth-order valence-corrected chi connectivity index (χ4v) is 2.26. The lowest BCUT2D eigenvalue weighted by atomic mass is 10.1. The van der Waals surface area contributed by atoms with E-state index in [0.29, 0.717) is 0 Å². The molecule has 0 radical (unpaired) electrons. The van der Waals surface area contributed by atoms with Gasteiger partial charge >= 0.3 is 0 Å². The van der Waals surface area contributed by atoms with E-state index in [4.69, 9.17) is 0 Å². The van der Waals surface area contributed by atoms with E-state index in [1.54, 1.807) is 16.9 Å². The molecule has 4 heteroatoms. The van der Waals surface area contributed by atoms with Crippen molar-refractivity contribution in [3.63, 3.8) is 0 Å². The molecule has 0 spiro atoms. The van der Waals surface area contributed by atoms with Crippen molar-refractivity contribution in [3.8, 4) is 11.4 Å². The first-order valence-electron chi connectivity index (χ1n) is 7.04. The number of para-hydroxylation sites is 1. The summed E-state index contributed by atoms with van der Waals surface area (Å²) in [7, 11) is 0. The predicted octanol–water partition coefficient (Wildman–Crippen LogP) is 3.13. The van der Waals surface area contributed by atoms with E-state index in [2.05, 4.69) is 17.1 Å². The van der Waals surface area contributed by atoms with Crippen molar-refractivity contribution in [1.29, 1.82) is 0 Å². The number of aryl methyl sites for hydroxylation is 1. The Kier molecular flexibility index (Phi) is 3.69. The minimum atomic E-state index is 0.280. The SMILES string of the molecule is CCc1nn(-c2ccccc2)nc1Cc1ccc(O)cc1. The number of hydrogen-bond donors (Lipinski definition) is 1. The third kappa shape index (κ3) is 2.94. The number of phenolic OH excluding ortho intramolecular Hbond substituents is 1. The molecule has 3 aromatic rings. The van der Waals surface area contributed by atoms with Crippen molar-refractivity contribution in [3.05, 3.63) is 71.5 Å². The summed E-state index contributed by atoms with van der Waals surface area (Å²) in [4.78, 5) is 1.69. The van der Waals surface area contributed by atoms with Gasteiger partial charge in [0.05, 0.1) is 17.1 Å². The van der Waals surface area contributed by atoms with Crippen molar-refractivity contribution in [2.24, 2.45) is 0 Å². The molecule has 0 saturated carbocycles. The molecule has 1 heterocycles. The maximum absolute atomic E-state index is 9.34. The van der Waals surface area contributed by atoms with Gasteiger partial charge < -0.3 is 5.11 Å². The minimum absolute atomic E-state index is 0.280. The fraction of sp³-hybridized carbons (Fsp3) is 0.176. The van der Waals surface area contributed by atoms with Crippen LogP contribution < -0.4 is 0 Å². The molecule has 106 valence electrons. The van der Waals surface area contributed by atoms with Gasteiger partial charge in [-0.05, 0) is 36.2 Å². The van der Waals surface area contributed by atoms with Gasteiger partial charge in [0.25, 0.3) is 0 Å². The van der Waals surface area contributed by atoms with Gasteiger partial charge in [-0.15, -0.1) is 0 Å².